The summed E-state index contributed by atoms with van der Waals surface area (Å²) in [5.41, 5.74) is 3.28. The molecule has 2 heterocycles. The number of piperazine rings is 1. The Balaban J connectivity index is 1.17. The van der Waals surface area contributed by atoms with Crippen molar-refractivity contribution in [1.29, 1.82) is 0 Å². The fraction of sp³-hybridized carbons (Fsp3) is 0.333. The summed E-state index contributed by atoms with van der Waals surface area (Å²) in [5, 5.41) is 5.98. The lowest BCUT2D eigenvalue weighted by molar-refractivity contribution is -0.121. The molecule has 31 heavy (non-hydrogen) atoms. The molecule has 1 aromatic heterocycles. The van der Waals surface area contributed by atoms with Crippen molar-refractivity contribution in [3.63, 3.8) is 0 Å². The molecule has 1 N–H and O–H groups in total. The average molecular weight is 437 g/mol. The van der Waals surface area contributed by atoms with Gasteiger partial charge in [0.25, 0.3) is 0 Å². The third kappa shape index (κ3) is 5.83. The van der Waals surface area contributed by atoms with E-state index in [1.54, 1.807) is 18.4 Å². The number of methoxy groups -OCH3 is 1. The third-order valence-corrected chi connectivity index (χ3v) is 6.37. The smallest absolute Gasteiger partial charge is 0.221 e. The van der Waals surface area contributed by atoms with Crippen molar-refractivity contribution in [2.75, 3.05) is 44.7 Å². The average Bonchev–Trinajstić information content (AvgIpc) is 3.31. The second kappa shape index (κ2) is 10.4. The lowest BCUT2D eigenvalue weighted by Crippen LogP contribution is -2.47. The molecule has 1 saturated heterocycles. The molecule has 0 spiro atoms. The number of ether oxygens (including phenoxy) is 1. The number of rotatable bonds is 8. The summed E-state index contributed by atoms with van der Waals surface area (Å²) in [6, 6.07) is 18.3. The van der Waals surface area contributed by atoms with E-state index in [0.29, 0.717) is 13.0 Å². The van der Waals surface area contributed by atoms with Gasteiger partial charge in [-0.15, -0.1) is 11.3 Å². The summed E-state index contributed by atoms with van der Waals surface area (Å²) in [6.45, 7) is 5.14. The van der Waals surface area contributed by atoms with E-state index in [4.69, 9.17) is 4.74 Å². The first kappa shape index (κ1) is 21.3. The van der Waals surface area contributed by atoms with E-state index < -0.39 is 0 Å². The van der Waals surface area contributed by atoms with Gasteiger partial charge in [0.15, 0.2) is 0 Å². The lowest BCUT2D eigenvalue weighted by atomic mass is 10.2. The van der Waals surface area contributed by atoms with Gasteiger partial charge in [-0.2, -0.15) is 0 Å². The molecule has 2 aromatic carbocycles. The van der Waals surface area contributed by atoms with Gasteiger partial charge in [-0.25, -0.2) is 4.98 Å². The highest BCUT2D eigenvalue weighted by molar-refractivity contribution is 7.09. The topological polar surface area (TPSA) is 57.7 Å². The molecular weight excluding hydrogens is 408 g/mol. The summed E-state index contributed by atoms with van der Waals surface area (Å²) in [4.78, 5) is 21.7. The maximum absolute atomic E-state index is 12.3. The summed E-state index contributed by atoms with van der Waals surface area (Å²) in [7, 11) is 1.68. The van der Waals surface area contributed by atoms with Crippen LogP contribution in [0.3, 0.4) is 0 Å². The standard InChI is InChI=1S/C24H28N4O2S/c1-30-21-9-7-20(8-10-21)28-15-13-27(14-16-28)12-11-23(29)25-17-24-26-22(18-31-24)19-5-3-2-4-6-19/h2-10,18H,11-17H2,1H3,(H,25,29). The van der Waals surface area contributed by atoms with Gasteiger partial charge in [-0.3, -0.25) is 9.69 Å². The van der Waals surface area contributed by atoms with Gasteiger partial charge >= 0.3 is 0 Å². The van der Waals surface area contributed by atoms with Crippen LogP contribution in [0.1, 0.15) is 11.4 Å². The summed E-state index contributed by atoms with van der Waals surface area (Å²) < 4.78 is 5.23. The number of carbonyl (C=O) groups excluding carboxylic acids is 1. The van der Waals surface area contributed by atoms with Gasteiger partial charge in [-0.1, -0.05) is 30.3 Å². The molecule has 0 unspecified atom stereocenters. The largest absolute Gasteiger partial charge is 0.497 e. The number of nitrogens with zero attached hydrogens (tertiary/aromatic N) is 3. The van der Waals surface area contributed by atoms with E-state index in [-0.39, 0.29) is 5.91 Å². The van der Waals surface area contributed by atoms with Gasteiger partial charge < -0.3 is 15.0 Å². The van der Waals surface area contributed by atoms with E-state index in [1.807, 2.05) is 47.8 Å². The van der Waals surface area contributed by atoms with Crippen LogP contribution in [0.15, 0.2) is 60.0 Å². The van der Waals surface area contributed by atoms with E-state index in [2.05, 4.69) is 32.2 Å². The fourth-order valence-corrected chi connectivity index (χ4v) is 4.42. The van der Waals surface area contributed by atoms with Crippen molar-refractivity contribution < 1.29 is 9.53 Å². The minimum atomic E-state index is 0.0778. The first-order valence-electron chi connectivity index (χ1n) is 10.6. The van der Waals surface area contributed by atoms with Crippen LogP contribution < -0.4 is 15.0 Å². The van der Waals surface area contributed by atoms with Crippen molar-refractivity contribution in [2.24, 2.45) is 0 Å². The van der Waals surface area contributed by atoms with E-state index in [0.717, 1.165) is 54.7 Å². The molecule has 4 rings (SSSR count). The van der Waals surface area contributed by atoms with Gasteiger partial charge in [0.2, 0.25) is 5.91 Å². The van der Waals surface area contributed by atoms with Crippen molar-refractivity contribution >= 4 is 22.9 Å². The first-order valence-corrected chi connectivity index (χ1v) is 11.5. The van der Waals surface area contributed by atoms with Crippen LogP contribution in [-0.4, -0.2) is 55.6 Å². The second-order valence-corrected chi connectivity index (χ2v) is 8.49. The first-order chi connectivity index (χ1) is 15.2. The number of anilines is 1. The molecule has 0 bridgehead atoms. The van der Waals surface area contributed by atoms with Gasteiger partial charge in [0.1, 0.15) is 10.8 Å². The van der Waals surface area contributed by atoms with Gasteiger partial charge in [-0.05, 0) is 24.3 Å². The number of hydrogen-bond donors (Lipinski definition) is 1. The normalized spacial score (nSPS) is 14.4. The summed E-state index contributed by atoms with van der Waals surface area (Å²) in [6.07, 6.45) is 0.513. The van der Waals surface area contributed by atoms with Crippen LogP contribution in [0.4, 0.5) is 5.69 Å². The van der Waals surface area contributed by atoms with Crippen LogP contribution in [0.25, 0.3) is 11.3 Å². The summed E-state index contributed by atoms with van der Waals surface area (Å²) in [5.74, 6) is 0.955. The van der Waals surface area contributed by atoms with Crippen molar-refractivity contribution in [1.82, 2.24) is 15.2 Å². The minimum Gasteiger partial charge on any atom is -0.497 e. The predicted molar refractivity (Wildman–Crippen MR) is 126 cm³/mol. The van der Waals surface area contributed by atoms with Crippen molar-refractivity contribution in [3.8, 4) is 17.0 Å². The fourth-order valence-electron chi connectivity index (χ4n) is 3.68. The molecule has 0 aliphatic carbocycles. The van der Waals surface area contributed by atoms with Crippen LogP contribution in [0, 0.1) is 0 Å². The zero-order valence-electron chi connectivity index (χ0n) is 17.8. The second-order valence-electron chi connectivity index (χ2n) is 7.55. The Morgan fingerprint density at radius 1 is 1.06 bits per heavy atom. The molecule has 7 heteroatoms. The van der Waals surface area contributed by atoms with E-state index in [1.165, 1.54) is 5.69 Å². The monoisotopic (exact) mass is 436 g/mol. The maximum atomic E-state index is 12.3. The molecule has 1 fully saturated rings. The quantitative estimate of drug-likeness (QED) is 0.584. The van der Waals surface area contributed by atoms with Gasteiger partial charge in [0, 0.05) is 55.8 Å². The zero-order valence-corrected chi connectivity index (χ0v) is 18.6. The van der Waals surface area contributed by atoms with Crippen molar-refractivity contribution in [3.05, 3.63) is 65.0 Å². The Hall–Kier alpha value is -2.90. The van der Waals surface area contributed by atoms with Crippen LogP contribution >= 0.6 is 11.3 Å². The zero-order chi connectivity index (χ0) is 21.5. The summed E-state index contributed by atoms with van der Waals surface area (Å²) >= 11 is 1.58. The highest BCUT2D eigenvalue weighted by Crippen LogP contribution is 2.22. The maximum Gasteiger partial charge on any atom is 0.221 e. The molecule has 6 nitrogen and oxygen atoms in total. The number of hydrogen-bond acceptors (Lipinski definition) is 6. The molecule has 162 valence electrons. The van der Waals surface area contributed by atoms with Crippen LogP contribution in [0.2, 0.25) is 0 Å². The minimum absolute atomic E-state index is 0.0778. The molecule has 0 atom stereocenters. The molecule has 0 radical (unpaired) electrons. The highest BCUT2D eigenvalue weighted by atomic mass is 32.1. The SMILES string of the molecule is COc1ccc(N2CCN(CCC(=O)NCc3nc(-c4ccccc4)cs3)CC2)cc1. The molecule has 3 aromatic rings. The number of thiazole rings is 1. The Kier molecular flexibility index (Phi) is 7.17. The number of amides is 1. The molecular formula is C24H28N4O2S. The van der Waals surface area contributed by atoms with Crippen LogP contribution in [-0.2, 0) is 11.3 Å². The Labute approximate surface area is 187 Å². The number of carbonyl (C=O) groups is 1. The molecule has 1 aliphatic heterocycles. The number of benzene rings is 2. The van der Waals surface area contributed by atoms with Crippen molar-refractivity contribution in [2.45, 2.75) is 13.0 Å². The highest BCUT2D eigenvalue weighted by Gasteiger charge is 2.18. The Morgan fingerprint density at radius 2 is 1.81 bits per heavy atom. The van der Waals surface area contributed by atoms with Crippen LogP contribution in [0.5, 0.6) is 5.75 Å². The predicted octanol–water partition coefficient (Wildman–Crippen LogP) is 3.65. The molecule has 0 saturated carbocycles. The van der Waals surface area contributed by atoms with E-state index >= 15 is 0 Å². The lowest BCUT2D eigenvalue weighted by Gasteiger charge is -2.36. The number of aromatic nitrogens is 1. The Bertz CT molecular complexity index is 967. The van der Waals surface area contributed by atoms with Gasteiger partial charge in [0.05, 0.1) is 19.3 Å². The molecule has 1 amide bonds. The van der Waals surface area contributed by atoms with E-state index in [9.17, 15) is 4.79 Å². The molecule has 1 aliphatic rings. The Morgan fingerprint density at radius 3 is 2.52 bits per heavy atom. The third-order valence-electron chi connectivity index (χ3n) is 5.52. The number of nitrogens with one attached hydrogen (secondary N) is 1.